The molecule has 1 atom stereocenters. The molecule has 3 rings (SSSR count). The smallest absolute Gasteiger partial charge is 0.261 e. The van der Waals surface area contributed by atoms with E-state index in [0.29, 0.717) is 0 Å². The minimum atomic E-state index is -3.87. The quantitative estimate of drug-likeness (QED) is 0.574. The summed E-state index contributed by atoms with van der Waals surface area (Å²) in [7, 11) is -3.87. The third kappa shape index (κ3) is 5.45. The van der Waals surface area contributed by atoms with Gasteiger partial charge in [-0.15, -0.1) is 0 Å². The van der Waals surface area contributed by atoms with Gasteiger partial charge in [-0.1, -0.05) is 36.4 Å². The van der Waals surface area contributed by atoms with E-state index in [1.165, 1.54) is 24.3 Å². The van der Waals surface area contributed by atoms with Crippen molar-refractivity contribution in [1.82, 2.24) is 10.2 Å². The van der Waals surface area contributed by atoms with Crippen LogP contribution in [-0.2, 0) is 25.2 Å². The van der Waals surface area contributed by atoms with Gasteiger partial charge in [0.05, 0.1) is 24.5 Å². The van der Waals surface area contributed by atoms with Gasteiger partial charge in [-0.2, -0.15) is 0 Å². The molecule has 2 aromatic carbocycles. The lowest BCUT2D eigenvalue weighted by Crippen LogP contribution is -2.49. The topological polar surface area (TPSA) is 144 Å². The van der Waals surface area contributed by atoms with Crippen LogP contribution in [0.5, 0.6) is 0 Å². The molecule has 3 N–H and O–H groups in total. The zero-order chi connectivity index (χ0) is 23.3. The molecule has 0 saturated carbocycles. The van der Waals surface area contributed by atoms with Crippen LogP contribution in [0.4, 0.5) is 0 Å². The number of amides is 3. The predicted molar refractivity (Wildman–Crippen MR) is 116 cm³/mol. The van der Waals surface area contributed by atoms with Crippen LogP contribution in [0.25, 0.3) is 0 Å². The first-order valence-corrected chi connectivity index (χ1v) is 11.6. The lowest BCUT2D eigenvalue weighted by Gasteiger charge is -2.25. The number of carbonyl (C=O) groups excluding carboxylic acids is 4. The van der Waals surface area contributed by atoms with Gasteiger partial charge in [-0.25, -0.2) is 8.42 Å². The van der Waals surface area contributed by atoms with E-state index >= 15 is 0 Å². The Kier molecular flexibility index (Phi) is 7.16. The number of benzene rings is 2. The molecule has 0 bridgehead atoms. The molecule has 10 heteroatoms. The Labute approximate surface area is 185 Å². The number of primary amides is 1. The molecule has 1 aliphatic rings. The summed E-state index contributed by atoms with van der Waals surface area (Å²) in [5, 5.41) is 2.81. The average molecular weight is 457 g/mol. The first-order chi connectivity index (χ1) is 15.2. The molecular formula is C22H22N3O6S. The number of carbonyl (C=O) groups is 4. The van der Waals surface area contributed by atoms with Crippen LogP contribution in [0.2, 0.25) is 0 Å². The Morgan fingerprint density at radius 1 is 1.06 bits per heavy atom. The second-order valence-corrected chi connectivity index (χ2v) is 9.38. The van der Waals surface area contributed by atoms with Crippen molar-refractivity contribution in [3.05, 3.63) is 77.7 Å². The Morgan fingerprint density at radius 2 is 1.72 bits per heavy atom. The summed E-state index contributed by atoms with van der Waals surface area (Å²) in [6, 6.07) is 13.0. The number of hydrogen-bond donors (Lipinski definition) is 2. The number of nitrogens with two attached hydrogens (primary N) is 1. The third-order valence-corrected chi connectivity index (χ3v) is 6.39. The zero-order valence-corrected chi connectivity index (χ0v) is 17.9. The second kappa shape index (κ2) is 9.84. The van der Waals surface area contributed by atoms with E-state index in [1.54, 1.807) is 30.3 Å². The molecule has 0 aliphatic carbocycles. The summed E-state index contributed by atoms with van der Waals surface area (Å²) in [4.78, 5) is 50.4. The van der Waals surface area contributed by atoms with E-state index in [2.05, 4.69) is 5.32 Å². The van der Waals surface area contributed by atoms with E-state index in [1.807, 2.05) is 0 Å². The molecule has 32 heavy (non-hydrogen) atoms. The molecule has 9 nitrogen and oxygen atoms in total. The van der Waals surface area contributed by atoms with Crippen molar-refractivity contribution in [2.45, 2.75) is 11.8 Å². The number of nitrogens with one attached hydrogen (secondary N) is 1. The maximum Gasteiger partial charge on any atom is 0.261 e. The summed E-state index contributed by atoms with van der Waals surface area (Å²) < 4.78 is 25.2. The van der Waals surface area contributed by atoms with Crippen LogP contribution >= 0.6 is 0 Å². The molecule has 2 aromatic rings. The van der Waals surface area contributed by atoms with Gasteiger partial charge in [-0.3, -0.25) is 24.1 Å². The third-order valence-electron chi connectivity index (χ3n) is 4.97. The maximum absolute atomic E-state index is 13.0. The zero-order valence-electron chi connectivity index (χ0n) is 17.1. The number of rotatable bonds is 8. The largest absolute Gasteiger partial charge is 0.366 e. The van der Waals surface area contributed by atoms with Gasteiger partial charge in [0, 0.05) is 17.7 Å². The molecule has 1 heterocycles. The van der Waals surface area contributed by atoms with Gasteiger partial charge in [0.2, 0.25) is 11.8 Å². The molecule has 3 amide bonds. The van der Waals surface area contributed by atoms with Gasteiger partial charge in [0.1, 0.15) is 6.04 Å². The first-order valence-electron chi connectivity index (χ1n) is 9.77. The molecule has 0 aromatic heterocycles. The van der Waals surface area contributed by atoms with Crippen molar-refractivity contribution in [2.24, 2.45) is 5.73 Å². The number of imide groups is 1. The molecule has 1 fully saturated rings. The summed E-state index contributed by atoms with van der Waals surface area (Å²) >= 11 is 0. The fourth-order valence-electron chi connectivity index (χ4n) is 3.39. The molecule has 1 aliphatic heterocycles. The Balaban J connectivity index is 1.77. The molecule has 1 radical (unpaired) electrons. The van der Waals surface area contributed by atoms with Crippen molar-refractivity contribution >= 4 is 33.3 Å². The molecule has 0 spiro atoms. The van der Waals surface area contributed by atoms with E-state index in [0.717, 1.165) is 11.3 Å². The van der Waals surface area contributed by atoms with Crippen LogP contribution in [0.3, 0.4) is 0 Å². The van der Waals surface area contributed by atoms with Crippen LogP contribution in [0.15, 0.2) is 54.6 Å². The van der Waals surface area contributed by atoms with Crippen LogP contribution in [0.1, 0.15) is 26.3 Å². The fraction of sp³-hybridized carbons (Fsp3) is 0.227. The summed E-state index contributed by atoms with van der Waals surface area (Å²) in [5.74, 6) is -3.85. The van der Waals surface area contributed by atoms with Crippen molar-refractivity contribution < 1.29 is 27.6 Å². The minimum absolute atomic E-state index is 0.0126. The summed E-state index contributed by atoms with van der Waals surface area (Å²) in [6.45, 7) is 0.106. The molecule has 1 saturated heterocycles. The van der Waals surface area contributed by atoms with Gasteiger partial charge >= 0.3 is 0 Å². The number of ketones is 1. The lowest BCUT2D eigenvalue weighted by atomic mass is 10.1. The minimum Gasteiger partial charge on any atom is -0.366 e. The SMILES string of the molecule is NC(=O)c1ccccc1CS(=O)(=O)C[CH]C(=O)N(C(=O)c1ccccc1)[C@H]1CNCC1=O. The van der Waals surface area contributed by atoms with Crippen LogP contribution in [0, 0.1) is 6.42 Å². The summed E-state index contributed by atoms with van der Waals surface area (Å²) in [5.41, 5.74) is 5.78. The fourth-order valence-corrected chi connectivity index (χ4v) is 4.63. The van der Waals surface area contributed by atoms with Gasteiger partial charge in [0.25, 0.3) is 5.91 Å². The van der Waals surface area contributed by atoms with Crippen molar-refractivity contribution in [3.63, 3.8) is 0 Å². The number of sulfone groups is 1. The monoisotopic (exact) mass is 456 g/mol. The highest BCUT2D eigenvalue weighted by Crippen LogP contribution is 2.16. The van der Waals surface area contributed by atoms with Crippen molar-refractivity contribution in [3.8, 4) is 0 Å². The number of nitrogens with zero attached hydrogens (tertiary/aromatic N) is 1. The average Bonchev–Trinajstić information content (AvgIpc) is 3.18. The van der Waals surface area contributed by atoms with E-state index in [4.69, 9.17) is 5.73 Å². The molecular weight excluding hydrogens is 434 g/mol. The summed E-state index contributed by atoms with van der Waals surface area (Å²) in [6.07, 6.45) is 0.870. The first kappa shape index (κ1) is 23.3. The standard InChI is InChI=1S/C22H22N3O6S/c23-21(28)17-9-5-4-8-16(17)14-32(30,31)11-10-20(27)25(18-12-24-13-19(18)26)22(29)15-6-2-1-3-7-15/h1-10,18,24H,11-14H2,(H2,23,28)/t18-/m0/s1. The van der Waals surface area contributed by atoms with Gasteiger partial charge in [0.15, 0.2) is 15.6 Å². The molecule has 0 unspecified atom stereocenters. The van der Waals surface area contributed by atoms with E-state index in [-0.39, 0.29) is 35.6 Å². The maximum atomic E-state index is 13.0. The van der Waals surface area contributed by atoms with Crippen LogP contribution in [-0.4, -0.2) is 61.7 Å². The Bertz CT molecular complexity index is 1150. The number of Topliss-reactive ketones (excluding diaryl/α,β-unsaturated/α-hetero) is 1. The number of hydrogen-bond acceptors (Lipinski definition) is 7. The van der Waals surface area contributed by atoms with Crippen LogP contribution < -0.4 is 11.1 Å². The highest BCUT2D eigenvalue weighted by atomic mass is 32.2. The van der Waals surface area contributed by atoms with Crippen molar-refractivity contribution in [2.75, 3.05) is 18.8 Å². The highest BCUT2D eigenvalue weighted by molar-refractivity contribution is 7.90. The van der Waals surface area contributed by atoms with Crippen molar-refractivity contribution in [1.29, 1.82) is 0 Å². The molecule has 167 valence electrons. The lowest BCUT2D eigenvalue weighted by molar-refractivity contribution is -0.132. The Hall–Kier alpha value is -3.37. The highest BCUT2D eigenvalue weighted by Gasteiger charge is 2.38. The predicted octanol–water partition coefficient (Wildman–Crippen LogP) is 0.114. The van der Waals surface area contributed by atoms with E-state index in [9.17, 15) is 27.6 Å². The Morgan fingerprint density at radius 3 is 2.34 bits per heavy atom. The van der Waals surface area contributed by atoms with Gasteiger partial charge in [-0.05, 0) is 23.8 Å². The van der Waals surface area contributed by atoms with Gasteiger partial charge < -0.3 is 11.1 Å². The normalized spacial score (nSPS) is 16.0. The van der Waals surface area contributed by atoms with E-state index < -0.39 is 45.1 Å². The second-order valence-electron chi connectivity index (χ2n) is 7.27.